The van der Waals surface area contributed by atoms with E-state index in [1.807, 2.05) is 11.4 Å². The van der Waals surface area contributed by atoms with Crippen molar-refractivity contribution in [2.45, 2.75) is 44.6 Å². The average molecular weight is 522 g/mol. The molecule has 4 aromatic heterocycles. The van der Waals surface area contributed by atoms with Gasteiger partial charge in [-0.2, -0.15) is 13.2 Å². The number of rotatable bonds is 9. The summed E-state index contributed by atoms with van der Waals surface area (Å²) in [6, 6.07) is 1.68. The van der Waals surface area contributed by atoms with Gasteiger partial charge in [0.2, 0.25) is 0 Å². The summed E-state index contributed by atoms with van der Waals surface area (Å²) in [6.45, 7) is 0.372. The van der Waals surface area contributed by atoms with E-state index in [1.165, 1.54) is 35.5 Å². The molecule has 4 heterocycles. The first-order chi connectivity index (χ1) is 17.2. The summed E-state index contributed by atoms with van der Waals surface area (Å²) in [5, 5.41) is 16.7. The Bertz CT molecular complexity index is 1370. The van der Waals surface area contributed by atoms with Crippen molar-refractivity contribution in [2.24, 2.45) is 0 Å². The maximum Gasteiger partial charge on any atom is 0.408 e. The number of halogens is 3. The zero-order valence-electron chi connectivity index (χ0n) is 19.2. The summed E-state index contributed by atoms with van der Waals surface area (Å²) in [5.41, 5.74) is 1.03. The number of alkyl halides is 3. The maximum atomic E-state index is 13.4. The molecule has 1 unspecified atom stereocenters. The molecule has 1 aliphatic carbocycles. The average Bonchev–Trinajstić information content (AvgIpc) is 3.49. The largest absolute Gasteiger partial charge is 0.408 e. The molecule has 15 heteroatoms. The second-order valence-electron chi connectivity index (χ2n) is 8.28. The Morgan fingerprint density at radius 1 is 1.25 bits per heavy atom. The van der Waals surface area contributed by atoms with Gasteiger partial charge in [0, 0.05) is 25.4 Å². The lowest BCUT2D eigenvalue weighted by Gasteiger charge is -2.20. The van der Waals surface area contributed by atoms with Crippen LogP contribution in [0.2, 0.25) is 0 Å². The number of nitrogens with zero attached hydrogens (tertiary/aromatic N) is 8. The fraction of sp³-hybridized carbons (Fsp3) is 0.381. The van der Waals surface area contributed by atoms with Crippen LogP contribution in [0.1, 0.15) is 31.6 Å². The van der Waals surface area contributed by atoms with Crippen LogP contribution in [0.25, 0.3) is 22.4 Å². The number of imidazole rings is 1. The van der Waals surface area contributed by atoms with E-state index in [4.69, 9.17) is 4.28 Å². The van der Waals surface area contributed by atoms with Gasteiger partial charge in [-0.15, -0.1) is 5.10 Å². The van der Waals surface area contributed by atoms with E-state index in [0.717, 1.165) is 24.3 Å². The predicted molar refractivity (Wildman–Crippen MR) is 126 cm³/mol. The number of nitrogens with one attached hydrogen (secondary N) is 1. The summed E-state index contributed by atoms with van der Waals surface area (Å²) < 4.78 is 48.9. The Labute approximate surface area is 207 Å². The first-order valence-corrected chi connectivity index (χ1v) is 11.7. The third-order valence-electron chi connectivity index (χ3n) is 5.67. The number of aromatic nitrogens is 7. The van der Waals surface area contributed by atoms with Crippen molar-refractivity contribution in [1.82, 2.24) is 38.8 Å². The van der Waals surface area contributed by atoms with Crippen LogP contribution >= 0.6 is 12.2 Å². The molecule has 0 aromatic carbocycles. The van der Waals surface area contributed by atoms with Gasteiger partial charge in [-0.3, -0.25) is 0 Å². The second kappa shape index (κ2) is 9.55. The molecule has 1 atom stereocenters. The summed E-state index contributed by atoms with van der Waals surface area (Å²) in [7, 11) is 1.96. The quantitative estimate of drug-likeness (QED) is 0.250. The number of fused-ring (bicyclic) bond motifs is 1. The van der Waals surface area contributed by atoms with Crippen LogP contribution < -0.4 is 9.60 Å². The van der Waals surface area contributed by atoms with Crippen molar-refractivity contribution in [3.05, 3.63) is 42.7 Å². The fourth-order valence-electron chi connectivity index (χ4n) is 3.55. The standard InChI is InChI=1S/C21H22F3N9O2S/c1-12(21(22,23)24)33-16-7-18(26-9-15(16)28-19(33)11-34)29-17-5-6-25-20(30-17)13-8-27-32(10-13)35-36-31(2)14-3-4-14/h5-10,12,14,34H,3-4,11H2,1-2H3,(H,25,26,29,30). The number of aliphatic hydroxyl groups excluding tert-OH is 1. The minimum absolute atomic E-state index is 0.0983. The van der Waals surface area contributed by atoms with Gasteiger partial charge in [-0.25, -0.2) is 24.2 Å². The number of anilines is 2. The third-order valence-corrected chi connectivity index (χ3v) is 6.42. The Morgan fingerprint density at radius 2 is 2.06 bits per heavy atom. The van der Waals surface area contributed by atoms with Gasteiger partial charge in [0.1, 0.15) is 35.6 Å². The van der Waals surface area contributed by atoms with E-state index in [-0.39, 0.29) is 22.7 Å². The van der Waals surface area contributed by atoms with E-state index in [0.29, 0.717) is 23.2 Å². The molecule has 0 aliphatic heterocycles. The highest BCUT2D eigenvalue weighted by molar-refractivity contribution is 7.92. The van der Waals surface area contributed by atoms with E-state index in [9.17, 15) is 18.3 Å². The van der Waals surface area contributed by atoms with Crippen LogP contribution in [0.15, 0.2) is 36.9 Å². The van der Waals surface area contributed by atoms with Gasteiger partial charge in [0.05, 0.1) is 29.7 Å². The van der Waals surface area contributed by atoms with Crippen molar-refractivity contribution in [3.8, 4) is 11.4 Å². The van der Waals surface area contributed by atoms with Crippen molar-refractivity contribution in [2.75, 3.05) is 12.4 Å². The Balaban J connectivity index is 1.36. The molecule has 2 N–H and O–H groups in total. The first kappa shape index (κ1) is 24.3. The van der Waals surface area contributed by atoms with Crippen molar-refractivity contribution in [3.63, 3.8) is 0 Å². The van der Waals surface area contributed by atoms with Crippen molar-refractivity contribution < 1.29 is 22.6 Å². The molecule has 0 saturated heterocycles. The topological polar surface area (TPSA) is 119 Å². The molecule has 0 spiro atoms. The van der Waals surface area contributed by atoms with E-state index < -0.39 is 18.8 Å². The van der Waals surface area contributed by atoms with Gasteiger partial charge in [-0.1, -0.05) is 4.85 Å². The van der Waals surface area contributed by atoms with E-state index >= 15 is 0 Å². The van der Waals surface area contributed by atoms with Crippen LogP contribution in [0.4, 0.5) is 24.8 Å². The zero-order valence-corrected chi connectivity index (χ0v) is 20.0. The molecule has 36 heavy (non-hydrogen) atoms. The van der Waals surface area contributed by atoms with Crippen LogP contribution in [0, 0.1) is 0 Å². The Hall–Kier alpha value is -3.43. The molecule has 0 amide bonds. The lowest BCUT2D eigenvalue weighted by atomic mass is 10.3. The minimum atomic E-state index is -4.52. The zero-order chi connectivity index (χ0) is 25.4. The number of hydrogen-bond acceptors (Lipinski definition) is 10. The highest BCUT2D eigenvalue weighted by Crippen LogP contribution is 2.34. The number of aliphatic hydroxyl groups is 1. The SMILES string of the molecule is CC(n1c(CO)nc2cnc(Nc3ccnc(-c4cnn(OSN(C)C5CC5)c4)n3)cc21)C(F)(F)F. The first-order valence-electron chi connectivity index (χ1n) is 11.0. The van der Waals surface area contributed by atoms with E-state index in [1.54, 1.807) is 18.5 Å². The molecule has 11 nitrogen and oxygen atoms in total. The minimum Gasteiger partial charge on any atom is -0.388 e. The van der Waals surface area contributed by atoms with Gasteiger partial charge < -0.3 is 19.3 Å². The Kier molecular flexibility index (Phi) is 6.44. The number of pyridine rings is 1. The summed E-state index contributed by atoms with van der Waals surface area (Å²) in [5.74, 6) is 0.903. The van der Waals surface area contributed by atoms with Gasteiger partial charge >= 0.3 is 6.18 Å². The molecule has 4 aromatic rings. The molecule has 1 fully saturated rings. The molecule has 0 bridgehead atoms. The lowest BCUT2D eigenvalue weighted by molar-refractivity contribution is -0.162. The number of hydrogen-bond donors (Lipinski definition) is 2. The normalized spacial score (nSPS) is 15.0. The summed E-state index contributed by atoms with van der Waals surface area (Å²) in [6.07, 6.45) is 3.88. The van der Waals surface area contributed by atoms with Crippen LogP contribution in [0.3, 0.4) is 0 Å². The highest BCUT2D eigenvalue weighted by Gasteiger charge is 2.39. The maximum absolute atomic E-state index is 13.4. The molecular formula is C21H22F3N9O2S. The monoisotopic (exact) mass is 521 g/mol. The second-order valence-corrected chi connectivity index (χ2v) is 9.15. The summed E-state index contributed by atoms with van der Waals surface area (Å²) in [4.78, 5) is 18.3. The fourth-order valence-corrected chi connectivity index (χ4v) is 4.14. The molecular weight excluding hydrogens is 499 g/mol. The van der Waals surface area contributed by atoms with Crippen LogP contribution in [0.5, 0.6) is 0 Å². The van der Waals surface area contributed by atoms with Crippen molar-refractivity contribution >= 4 is 34.9 Å². The van der Waals surface area contributed by atoms with Gasteiger partial charge in [0.15, 0.2) is 18.1 Å². The van der Waals surface area contributed by atoms with Crippen molar-refractivity contribution in [1.29, 1.82) is 0 Å². The molecule has 5 rings (SSSR count). The molecule has 0 radical (unpaired) electrons. The van der Waals surface area contributed by atoms with E-state index in [2.05, 4.69) is 30.4 Å². The molecule has 190 valence electrons. The summed E-state index contributed by atoms with van der Waals surface area (Å²) >= 11 is 1.20. The lowest BCUT2D eigenvalue weighted by Crippen LogP contribution is -2.25. The molecule has 1 aliphatic rings. The highest BCUT2D eigenvalue weighted by atomic mass is 32.2. The smallest absolute Gasteiger partial charge is 0.388 e. The van der Waals surface area contributed by atoms with Gasteiger partial charge in [-0.05, 0) is 25.8 Å². The van der Waals surface area contributed by atoms with Gasteiger partial charge in [0.25, 0.3) is 0 Å². The predicted octanol–water partition coefficient (Wildman–Crippen LogP) is 3.53. The molecule has 1 saturated carbocycles. The Morgan fingerprint density at radius 3 is 2.78 bits per heavy atom. The van der Waals surface area contributed by atoms with Crippen LogP contribution in [-0.2, 0) is 6.61 Å². The third kappa shape index (κ3) is 5.08. The van der Waals surface area contributed by atoms with Crippen LogP contribution in [-0.4, -0.2) is 63.1 Å².